The van der Waals surface area contributed by atoms with Gasteiger partial charge >= 0.3 is 17.7 Å². The predicted molar refractivity (Wildman–Crippen MR) is 180 cm³/mol. The minimum atomic E-state index is -0.886. The molecular weight excluding hydrogens is 618 g/mol. The molecule has 1 aliphatic heterocycles. The van der Waals surface area contributed by atoms with Crippen molar-refractivity contribution >= 4 is 46.5 Å². The number of anilines is 2. The molecule has 2 atom stereocenters. The molecule has 0 unspecified atom stereocenters. The molecule has 0 spiro atoms. The van der Waals surface area contributed by atoms with E-state index in [9.17, 15) is 24.0 Å². The molecule has 2 heterocycles. The Kier molecular flexibility index (Phi) is 11.8. The smallest absolute Gasteiger partial charge is 0.408 e. The molecule has 1 fully saturated rings. The van der Waals surface area contributed by atoms with Gasteiger partial charge < -0.3 is 34.7 Å². The maximum Gasteiger partial charge on any atom is 0.408 e. The fourth-order valence-electron chi connectivity index (χ4n) is 5.47. The topological polar surface area (TPSA) is 169 Å². The standard InChI is InChI=1S/C35H45N5O8/c1-21(2)29(39-34(45)46-20-23-12-8-7-9-13-23)31(43)40-17-11-14-26(40)30(42)37-24-18-22(3)28-25(19-24)38-33(47-32(28)44)36-16-10-15-27(41)48-35(4,5)6/h7-9,12-13,18-19,21,26,29H,10-11,14-17,20H2,1-6H3,(H,36,38)(H,37,42)(H,39,45)/t26-,29-/m0/s1. The zero-order valence-electron chi connectivity index (χ0n) is 28.4. The molecule has 1 aliphatic rings. The van der Waals surface area contributed by atoms with E-state index < -0.39 is 35.3 Å². The number of rotatable bonds is 12. The summed E-state index contributed by atoms with van der Waals surface area (Å²) >= 11 is 0. The van der Waals surface area contributed by atoms with Crippen molar-refractivity contribution in [1.29, 1.82) is 0 Å². The molecule has 3 N–H and O–H groups in total. The van der Waals surface area contributed by atoms with Crippen LogP contribution in [0.4, 0.5) is 16.5 Å². The first-order valence-electron chi connectivity index (χ1n) is 16.2. The number of amides is 3. The number of fused-ring (bicyclic) bond motifs is 1. The first kappa shape index (κ1) is 35.9. The van der Waals surface area contributed by atoms with Crippen LogP contribution in [0.3, 0.4) is 0 Å². The van der Waals surface area contributed by atoms with Gasteiger partial charge in [-0.05, 0) is 76.1 Å². The Morgan fingerprint density at radius 1 is 1.10 bits per heavy atom. The largest absolute Gasteiger partial charge is 0.460 e. The summed E-state index contributed by atoms with van der Waals surface area (Å²) in [6, 6.07) is 10.8. The van der Waals surface area contributed by atoms with Gasteiger partial charge in [-0.1, -0.05) is 44.2 Å². The summed E-state index contributed by atoms with van der Waals surface area (Å²) in [6.45, 7) is 11.5. The van der Waals surface area contributed by atoms with Crippen molar-refractivity contribution in [3.8, 4) is 0 Å². The molecule has 13 nitrogen and oxygen atoms in total. The Bertz CT molecular complexity index is 1680. The summed E-state index contributed by atoms with van der Waals surface area (Å²) in [5.74, 6) is -1.34. The number of aromatic nitrogens is 1. The predicted octanol–water partition coefficient (Wildman–Crippen LogP) is 4.91. The van der Waals surface area contributed by atoms with Crippen LogP contribution in [0.25, 0.3) is 10.9 Å². The van der Waals surface area contributed by atoms with E-state index in [0.717, 1.165) is 5.56 Å². The molecule has 0 radical (unpaired) electrons. The second-order valence-electron chi connectivity index (χ2n) is 13.2. The molecule has 2 aromatic carbocycles. The zero-order chi connectivity index (χ0) is 35.0. The SMILES string of the molecule is Cc1cc(NC(=O)[C@@H]2CCCN2C(=O)[C@@H](NC(=O)OCc2ccccc2)C(C)C)cc2nc(NCCCC(=O)OC(C)(C)C)oc(=O)c12. The molecule has 4 rings (SSSR count). The maximum absolute atomic E-state index is 13.7. The van der Waals surface area contributed by atoms with Gasteiger partial charge in [-0.3, -0.25) is 14.4 Å². The first-order chi connectivity index (χ1) is 22.7. The average Bonchev–Trinajstić information content (AvgIpc) is 3.50. The number of esters is 1. The van der Waals surface area contributed by atoms with Gasteiger partial charge in [-0.2, -0.15) is 4.98 Å². The molecule has 258 valence electrons. The number of benzene rings is 2. The van der Waals surface area contributed by atoms with Crippen molar-refractivity contribution < 1.29 is 33.1 Å². The number of hydrogen-bond acceptors (Lipinski definition) is 10. The highest BCUT2D eigenvalue weighted by molar-refractivity contribution is 6.00. The first-order valence-corrected chi connectivity index (χ1v) is 16.2. The van der Waals surface area contributed by atoms with Crippen LogP contribution < -0.4 is 21.6 Å². The van der Waals surface area contributed by atoms with E-state index in [4.69, 9.17) is 13.9 Å². The fourth-order valence-corrected chi connectivity index (χ4v) is 5.47. The van der Waals surface area contributed by atoms with E-state index in [1.807, 2.05) is 44.2 Å². The highest BCUT2D eigenvalue weighted by Gasteiger charge is 2.39. The van der Waals surface area contributed by atoms with Crippen molar-refractivity contribution in [2.75, 3.05) is 23.7 Å². The molecule has 0 aliphatic carbocycles. The molecule has 48 heavy (non-hydrogen) atoms. The minimum Gasteiger partial charge on any atom is -0.460 e. The van der Waals surface area contributed by atoms with E-state index in [1.165, 1.54) is 4.90 Å². The van der Waals surface area contributed by atoms with Crippen molar-refractivity contribution in [2.45, 2.75) is 91.5 Å². The third-order valence-corrected chi connectivity index (χ3v) is 7.71. The number of likely N-dealkylation sites (tertiary alicyclic amines) is 1. The summed E-state index contributed by atoms with van der Waals surface area (Å²) in [5, 5.41) is 8.77. The van der Waals surface area contributed by atoms with E-state index in [0.29, 0.717) is 49.1 Å². The van der Waals surface area contributed by atoms with E-state index >= 15 is 0 Å². The van der Waals surface area contributed by atoms with Crippen LogP contribution >= 0.6 is 0 Å². The molecule has 13 heteroatoms. The third-order valence-electron chi connectivity index (χ3n) is 7.71. The van der Waals surface area contributed by atoms with Crippen LogP contribution in [0.15, 0.2) is 51.7 Å². The highest BCUT2D eigenvalue weighted by Crippen LogP contribution is 2.25. The molecule has 0 bridgehead atoms. The minimum absolute atomic E-state index is 0.0124. The highest BCUT2D eigenvalue weighted by atomic mass is 16.6. The monoisotopic (exact) mass is 663 g/mol. The number of carbonyl (C=O) groups excluding carboxylic acids is 4. The van der Waals surface area contributed by atoms with Crippen LogP contribution in [-0.4, -0.2) is 64.5 Å². The number of hydrogen-bond donors (Lipinski definition) is 3. The molecule has 3 aromatic rings. The Morgan fingerprint density at radius 3 is 2.52 bits per heavy atom. The van der Waals surface area contributed by atoms with Crippen molar-refractivity contribution in [3.63, 3.8) is 0 Å². The number of carbonyl (C=O) groups is 4. The summed E-state index contributed by atoms with van der Waals surface area (Å²) in [6.07, 6.45) is 0.977. The second-order valence-corrected chi connectivity index (χ2v) is 13.2. The van der Waals surface area contributed by atoms with Gasteiger partial charge in [-0.15, -0.1) is 0 Å². The molecule has 1 aromatic heterocycles. The second kappa shape index (κ2) is 15.8. The lowest BCUT2D eigenvalue weighted by atomic mass is 10.0. The van der Waals surface area contributed by atoms with Crippen molar-refractivity contribution in [3.05, 3.63) is 64.0 Å². The summed E-state index contributed by atoms with van der Waals surface area (Å²) in [7, 11) is 0. The number of nitrogens with zero attached hydrogens (tertiary/aromatic N) is 2. The van der Waals surface area contributed by atoms with Gasteiger partial charge in [0, 0.05) is 25.2 Å². The third kappa shape index (κ3) is 9.79. The molecule has 3 amide bonds. The van der Waals surface area contributed by atoms with Crippen LogP contribution in [-0.2, 0) is 30.5 Å². The lowest BCUT2D eigenvalue weighted by molar-refractivity contribution is -0.154. The number of aryl methyl sites for hydroxylation is 1. The van der Waals surface area contributed by atoms with E-state index in [2.05, 4.69) is 20.9 Å². The Hall–Kier alpha value is -4.94. The van der Waals surface area contributed by atoms with Gasteiger partial charge in [0.05, 0.1) is 10.9 Å². The summed E-state index contributed by atoms with van der Waals surface area (Å²) in [4.78, 5) is 70.5. The number of nitrogens with one attached hydrogen (secondary N) is 3. The normalized spacial score (nSPS) is 15.2. The fraction of sp³-hybridized carbons (Fsp3) is 0.486. The average molecular weight is 664 g/mol. The summed E-state index contributed by atoms with van der Waals surface area (Å²) in [5.41, 5.74) is 0.930. The van der Waals surface area contributed by atoms with E-state index in [1.54, 1.807) is 39.8 Å². The van der Waals surface area contributed by atoms with Crippen molar-refractivity contribution in [2.24, 2.45) is 5.92 Å². The van der Waals surface area contributed by atoms with Crippen LogP contribution in [0, 0.1) is 12.8 Å². The number of ether oxygens (including phenoxy) is 2. The van der Waals surface area contributed by atoms with Gasteiger partial charge in [0.1, 0.15) is 24.3 Å². The Balaban J connectivity index is 1.40. The zero-order valence-corrected chi connectivity index (χ0v) is 28.4. The lowest BCUT2D eigenvalue weighted by Gasteiger charge is -2.30. The number of alkyl carbamates (subject to hydrolysis) is 1. The van der Waals surface area contributed by atoms with E-state index in [-0.39, 0.29) is 42.2 Å². The summed E-state index contributed by atoms with van der Waals surface area (Å²) < 4.78 is 16.0. The van der Waals surface area contributed by atoms with Gasteiger partial charge in [0.25, 0.3) is 6.01 Å². The molecular formula is C35H45N5O8. The van der Waals surface area contributed by atoms with Crippen LogP contribution in [0.2, 0.25) is 0 Å². The van der Waals surface area contributed by atoms with Crippen LogP contribution in [0.5, 0.6) is 0 Å². The molecule has 0 saturated carbocycles. The maximum atomic E-state index is 13.7. The Labute approximate surface area is 279 Å². The Morgan fingerprint density at radius 2 is 1.83 bits per heavy atom. The quantitative estimate of drug-likeness (QED) is 0.179. The lowest BCUT2D eigenvalue weighted by Crippen LogP contribution is -2.54. The van der Waals surface area contributed by atoms with Gasteiger partial charge in [0.15, 0.2) is 0 Å². The van der Waals surface area contributed by atoms with Gasteiger partial charge in [-0.25, -0.2) is 9.59 Å². The van der Waals surface area contributed by atoms with Crippen LogP contribution in [0.1, 0.15) is 71.4 Å². The van der Waals surface area contributed by atoms with Gasteiger partial charge in [0.2, 0.25) is 11.8 Å². The molecule has 1 saturated heterocycles. The van der Waals surface area contributed by atoms with Crippen molar-refractivity contribution in [1.82, 2.24) is 15.2 Å².